The Kier molecular flexibility index (Phi) is 5.14. The molecule has 4 heteroatoms. The van der Waals surface area contributed by atoms with E-state index in [1.807, 2.05) is 26.8 Å². The van der Waals surface area contributed by atoms with Crippen LogP contribution in [0.25, 0.3) is 0 Å². The Bertz CT molecular complexity index is 549. The second-order valence-electron chi connectivity index (χ2n) is 6.20. The van der Waals surface area contributed by atoms with Crippen LogP contribution >= 0.6 is 0 Å². The molecule has 1 N–H and O–H groups in total. The van der Waals surface area contributed by atoms with Crippen molar-refractivity contribution in [3.05, 3.63) is 35.5 Å². The molecule has 0 spiro atoms. The highest BCUT2D eigenvalue weighted by molar-refractivity contribution is 5.66. The number of hydrogen-bond acceptors (Lipinski definition) is 4. The van der Waals surface area contributed by atoms with Gasteiger partial charge in [-0.2, -0.15) is 5.26 Å². The number of rotatable bonds is 3. The quantitative estimate of drug-likeness (QED) is 0.375. The zero-order valence-electron chi connectivity index (χ0n) is 13.3. The molecule has 0 amide bonds. The SMILES string of the molecule is CC(=O)O[C@@H]1C=C(C)[C@](O)(/C=C/C(C)=C/C#N)C(C)(C)C1. The molecule has 4 nitrogen and oxygen atoms in total. The first-order valence-corrected chi connectivity index (χ1v) is 6.96. The lowest BCUT2D eigenvalue weighted by atomic mass is 9.64. The number of carbonyl (C=O) groups excluding carboxylic acids is 1. The largest absolute Gasteiger partial charge is 0.458 e. The normalized spacial score (nSPS) is 28.9. The Morgan fingerprint density at radius 3 is 2.62 bits per heavy atom. The summed E-state index contributed by atoms with van der Waals surface area (Å²) >= 11 is 0. The van der Waals surface area contributed by atoms with E-state index < -0.39 is 11.0 Å². The monoisotopic (exact) mass is 289 g/mol. The number of allylic oxidation sites excluding steroid dienone is 3. The summed E-state index contributed by atoms with van der Waals surface area (Å²) in [6, 6.07) is 1.96. The van der Waals surface area contributed by atoms with Crippen LogP contribution in [0.3, 0.4) is 0 Å². The van der Waals surface area contributed by atoms with Gasteiger partial charge in [-0.3, -0.25) is 4.79 Å². The molecule has 1 rings (SSSR count). The van der Waals surface area contributed by atoms with Crippen LogP contribution < -0.4 is 0 Å². The van der Waals surface area contributed by atoms with Gasteiger partial charge in [0.25, 0.3) is 0 Å². The van der Waals surface area contributed by atoms with Gasteiger partial charge in [0, 0.05) is 18.4 Å². The van der Waals surface area contributed by atoms with Crippen LogP contribution in [-0.4, -0.2) is 22.8 Å². The first-order chi connectivity index (χ1) is 9.62. The van der Waals surface area contributed by atoms with Crippen molar-refractivity contribution in [2.45, 2.75) is 52.7 Å². The summed E-state index contributed by atoms with van der Waals surface area (Å²) in [5, 5.41) is 19.7. The summed E-state index contributed by atoms with van der Waals surface area (Å²) in [4.78, 5) is 11.1. The number of aliphatic hydroxyl groups is 1. The fraction of sp³-hybridized carbons (Fsp3) is 0.529. The Labute approximate surface area is 126 Å². The summed E-state index contributed by atoms with van der Waals surface area (Å²) in [6.45, 7) is 8.89. The number of ether oxygens (including phenoxy) is 1. The number of carbonyl (C=O) groups is 1. The van der Waals surface area contributed by atoms with E-state index in [1.165, 1.54) is 13.0 Å². The number of esters is 1. The van der Waals surface area contributed by atoms with Crippen LogP contribution in [0.1, 0.15) is 41.0 Å². The second-order valence-corrected chi connectivity index (χ2v) is 6.20. The molecular weight excluding hydrogens is 266 g/mol. The van der Waals surface area contributed by atoms with Gasteiger partial charge in [-0.05, 0) is 43.6 Å². The number of nitriles is 1. The predicted molar refractivity (Wildman–Crippen MR) is 81.2 cm³/mol. The second kappa shape index (κ2) is 6.28. The van der Waals surface area contributed by atoms with Crippen molar-refractivity contribution in [1.29, 1.82) is 5.26 Å². The van der Waals surface area contributed by atoms with Gasteiger partial charge in [0.05, 0.1) is 6.07 Å². The van der Waals surface area contributed by atoms with Crippen molar-refractivity contribution in [1.82, 2.24) is 0 Å². The topological polar surface area (TPSA) is 70.3 Å². The third-order valence-electron chi connectivity index (χ3n) is 3.98. The zero-order chi connectivity index (χ0) is 16.3. The first kappa shape index (κ1) is 17.2. The third-order valence-corrected chi connectivity index (χ3v) is 3.98. The van der Waals surface area contributed by atoms with Gasteiger partial charge in [0.1, 0.15) is 11.7 Å². The van der Waals surface area contributed by atoms with E-state index in [4.69, 9.17) is 10.00 Å². The maximum absolute atomic E-state index is 11.1. The molecule has 0 fully saturated rings. The first-order valence-electron chi connectivity index (χ1n) is 6.96. The van der Waals surface area contributed by atoms with Crippen molar-refractivity contribution < 1.29 is 14.6 Å². The van der Waals surface area contributed by atoms with E-state index >= 15 is 0 Å². The summed E-state index contributed by atoms with van der Waals surface area (Å²) in [7, 11) is 0. The van der Waals surface area contributed by atoms with Crippen LogP contribution in [0.4, 0.5) is 0 Å². The highest BCUT2D eigenvalue weighted by atomic mass is 16.5. The highest BCUT2D eigenvalue weighted by Crippen LogP contribution is 2.46. The molecule has 0 aliphatic heterocycles. The molecule has 0 aromatic carbocycles. The van der Waals surface area contributed by atoms with Gasteiger partial charge in [-0.15, -0.1) is 0 Å². The Morgan fingerprint density at radius 1 is 1.52 bits per heavy atom. The standard InChI is InChI=1S/C17H23NO3/c1-12(7-9-18)6-8-17(20)13(2)10-15(21-14(3)19)11-16(17,4)5/h6-8,10,15,20H,11H2,1-5H3/b8-6+,12-7+/t15-,17-/m1/s1. The highest BCUT2D eigenvalue weighted by Gasteiger charge is 2.47. The molecule has 114 valence electrons. The zero-order valence-corrected chi connectivity index (χ0v) is 13.3. The number of hydrogen-bond donors (Lipinski definition) is 1. The molecule has 21 heavy (non-hydrogen) atoms. The Balaban J connectivity index is 3.14. The summed E-state index contributed by atoms with van der Waals surface area (Å²) < 4.78 is 5.25. The van der Waals surface area contributed by atoms with Crippen molar-refractivity contribution in [3.63, 3.8) is 0 Å². The summed E-state index contributed by atoms with van der Waals surface area (Å²) in [5.74, 6) is -0.325. The molecular formula is C17H23NO3. The van der Waals surface area contributed by atoms with Crippen molar-refractivity contribution in [2.75, 3.05) is 0 Å². The van der Waals surface area contributed by atoms with E-state index in [9.17, 15) is 9.90 Å². The van der Waals surface area contributed by atoms with Gasteiger partial charge in [0.2, 0.25) is 0 Å². The van der Waals surface area contributed by atoms with Gasteiger partial charge >= 0.3 is 5.97 Å². The van der Waals surface area contributed by atoms with Crippen molar-refractivity contribution in [3.8, 4) is 6.07 Å². The maximum Gasteiger partial charge on any atom is 0.303 e. The summed E-state index contributed by atoms with van der Waals surface area (Å²) in [5.41, 5.74) is -0.105. The molecule has 0 saturated heterocycles. The molecule has 0 aromatic rings. The third kappa shape index (κ3) is 3.83. The molecule has 0 unspecified atom stereocenters. The van der Waals surface area contributed by atoms with Crippen LogP contribution in [0, 0.1) is 16.7 Å². The van der Waals surface area contributed by atoms with E-state index in [1.54, 1.807) is 25.2 Å². The molecule has 1 aliphatic rings. The maximum atomic E-state index is 11.1. The number of nitrogens with zero attached hydrogens (tertiary/aromatic N) is 1. The molecule has 0 aromatic heterocycles. The molecule has 0 bridgehead atoms. The minimum absolute atomic E-state index is 0.318. The predicted octanol–water partition coefficient (Wildman–Crippen LogP) is 3.05. The van der Waals surface area contributed by atoms with Gasteiger partial charge in [0.15, 0.2) is 0 Å². The molecule has 0 heterocycles. The Morgan fingerprint density at radius 2 is 2.14 bits per heavy atom. The minimum Gasteiger partial charge on any atom is -0.458 e. The fourth-order valence-electron chi connectivity index (χ4n) is 2.71. The summed E-state index contributed by atoms with van der Waals surface area (Å²) in [6.07, 6.45) is 6.89. The lowest BCUT2D eigenvalue weighted by Crippen LogP contribution is -2.49. The van der Waals surface area contributed by atoms with Gasteiger partial charge in [-0.25, -0.2) is 0 Å². The van der Waals surface area contributed by atoms with Crippen molar-refractivity contribution in [2.24, 2.45) is 5.41 Å². The molecule has 1 aliphatic carbocycles. The smallest absolute Gasteiger partial charge is 0.303 e. The van der Waals surface area contributed by atoms with Crippen LogP contribution in [-0.2, 0) is 9.53 Å². The van der Waals surface area contributed by atoms with Crippen LogP contribution in [0.15, 0.2) is 35.5 Å². The fourth-order valence-corrected chi connectivity index (χ4v) is 2.71. The minimum atomic E-state index is -1.13. The lowest BCUT2D eigenvalue weighted by Gasteiger charge is -2.46. The molecule has 0 saturated carbocycles. The van der Waals surface area contributed by atoms with Crippen LogP contribution in [0.5, 0.6) is 0 Å². The average molecular weight is 289 g/mol. The molecule has 2 atom stereocenters. The average Bonchev–Trinajstić information content (AvgIpc) is 2.33. The van der Waals surface area contributed by atoms with Crippen LogP contribution in [0.2, 0.25) is 0 Å². The Hall–Kier alpha value is -1.86. The van der Waals surface area contributed by atoms with Crippen molar-refractivity contribution >= 4 is 5.97 Å². The van der Waals surface area contributed by atoms with Gasteiger partial charge < -0.3 is 9.84 Å². The van der Waals surface area contributed by atoms with E-state index in [0.717, 1.165) is 11.1 Å². The van der Waals surface area contributed by atoms with E-state index in [2.05, 4.69) is 0 Å². The molecule has 0 radical (unpaired) electrons. The van der Waals surface area contributed by atoms with Gasteiger partial charge in [-0.1, -0.05) is 19.9 Å². The van der Waals surface area contributed by atoms with E-state index in [0.29, 0.717) is 6.42 Å². The van der Waals surface area contributed by atoms with E-state index in [-0.39, 0.29) is 12.1 Å². The lowest BCUT2D eigenvalue weighted by molar-refractivity contribution is -0.147.